The Balaban J connectivity index is 1.58. The maximum absolute atomic E-state index is 12.7. The molecule has 0 spiro atoms. The van der Waals surface area contributed by atoms with Crippen molar-refractivity contribution in [2.75, 3.05) is 31.6 Å². The van der Waals surface area contributed by atoms with Crippen LogP contribution in [0.25, 0.3) is 0 Å². The second kappa shape index (κ2) is 8.68. The zero-order valence-electron chi connectivity index (χ0n) is 15.7. The number of para-hydroxylation sites is 2. The van der Waals surface area contributed by atoms with Gasteiger partial charge in [0.2, 0.25) is 11.8 Å². The molecule has 6 heteroatoms. The Morgan fingerprint density at radius 1 is 1.11 bits per heavy atom. The van der Waals surface area contributed by atoms with Crippen LogP contribution in [0.1, 0.15) is 12.5 Å². The van der Waals surface area contributed by atoms with Crippen molar-refractivity contribution < 1.29 is 14.3 Å². The van der Waals surface area contributed by atoms with E-state index in [0.717, 1.165) is 11.3 Å². The van der Waals surface area contributed by atoms with Gasteiger partial charge in [-0.05, 0) is 24.6 Å². The Bertz CT molecular complexity index is 794. The number of nitrogens with zero attached hydrogens (tertiary/aromatic N) is 2. The van der Waals surface area contributed by atoms with Gasteiger partial charge in [-0.3, -0.25) is 14.5 Å². The predicted molar refractivity (Wildman–Crippen MR) is 105 cm³/mol. The van der Waals surface area contributed by atoms with Gasteiger partial charge in [0.15, 0.2) is 0 Å². The Morgan fingerprint density at radius 3 is 2.52 bits per heavy atom. The van der Waals surface area contributed by atoms with Crippen molar-refractivity contribution in [3.63, 3.8) is 0 Å². The van der Waals surface area contributed by atoms with E-state index in [9.17, 15) is 9.59 Å². The molecule has 1 unspecified atom stereocenters. The summed E-state index contributed by atoms with van der Waals surface area (Å²) in [4.78, 5) is 28.8. The van der Waals surface area contributed by atoms with E-state index in [-0.39, 0.29) is 24.4 Å². The summed E-state index contributed by atoms with van der Waals surface area (Å²) in [6.07, 6.45) is 0. The molecule has 2 aromatic rings. The third-order valence-corrected chi connectivity index (χ3v) is 4.86. The fourth-order valence-electron chi connectivity index (χ4n) is 3.23. The maximum Gasteiger partial charge on any atom is 0.241 e. The minimum Gasteiger partial charge on any atom is -0.495 e. The number of benzene rings is 2. The summed E-state index contributed by atoms with van der Waals surface area (Å²) in [5.41, 5.74) is 1.82. The van der Waals surface area contributed by atoms with Crippen LogP contribution in [0.15, 0.2) is 54.6 Å². The van der Waals surface area contributed by atoms with E-state index in [2.05, 4.69) is 5.32 Å². The Labute approximate surface area is 159 Å². The topological polar surface area (TPSA) is 61.9 Å². The van der Waals surface area contributed by atoms with Crippen molar-refractivity contribution in [1.29, 1.82) is 0 Å². The van der Waals surface area contributed by atoms with Gasteiger partial charge in [0.05, 0.1) is 25.4 Å². The normalized spacial score (nSPS) is 16.1. The molecule has 3 rings (SSSR count). The number of rotatable bonds is 6. The average molecular weight is 367 g/mol. The summed E-state index contributed by atoms with van der Waals surface area (Å²) < 4.78 is 5.36. The molecule has 1 heterocycles. The monoisotopic (exact) mass is 367 g/mol. The molecule has 1 N–H and O–H groups in total. The minimum absolute atomic E-state index is 0.0338. The molecule has 1 aliphatic rings. The molecule has 2 aromatic carbocycles. The zero-order valence-corrected chi connectivity index (χ0v) is 15.7. The van der Waals surface area contributed by atoms with Crippen LogP contribution < -0.4 is 15.0 Å². The summed E-state index contributed by atoms with van der Waals surface area (Å²) in [6, 6.07) is 16.9. The lowest BCUT2D eigenvalue weighted by Crippen LogP contribution is -2.56. The highest BCUT2D eigenvalue weighted by Gasteiger charge is 2.31. The maximum atomic E-state index is 12.7. The van der Waals surface area contributed by atoms with E-state index < -0.39 is 0 Å². The molecule has 0 aliphatic carbocycles. The molecule has 6 nitrogen and oxygen atoms in total. The van der Waals surface area contributed by atoms with Gasteiger partial charge in [0.1, 0.15) is 5.75 Å². The van der Waals surface area contributed by atoms with E-state index >= 15 is 0 Å². The second-order valence-electron chi connectivity index (χ2n) is 6.57. The number of piperazine rings is 1. The molecular weight excluding hydrogens is 342 g/mol. The fraction of sp³-hybridized carbons (Fsp3) is 0.333. The molecule has 0 radical (unpaired) electrons. The second-order valence-corrected chi connectivity index (χ2v) is 6.57. The molecule has 27 heavy (non-hydrogen) atoms. The minimum atomic E-state index is -0.363. The molecule has 1 fully saturated rings. The molecule has 0 bridgehead atoms. The highest BCUT2D eigenvalue weighted by molar-refractivity contribution is 5.97. The summed E-state index contributed by atoms with van der Waals surface area (Å²) in [5.74, 6) is 0.568. The smallest absolute Gasteiger partial charge is 0.241 e. The quantitative estimate of drug-likeness (QED) is 0.849. The van der Waals surface area contributed by atoms with Crippen molar-refractivity contribution >= 4 is 17.5 Å². The standard InChI is InChI=1S/C21H25N3O3/c1-16(21(26)22-14-17-8-4-3-5-9-17)23-12-13-24(20(25)15-23)18-10-6-7-11-19(18)27-2/h3-11,16H,12-15H2,1-2H3,(H,22,26). The Kier molecular flexibility index (Phi) is 6.08. The summed E-state index contributed by atoms with van der Waals surface area (Å²) in [5, 5.41) is 2.95. The van der Waals surface area contributed by atoms with Crippen LogP contribution >= 0.6 is 0 Å². The average Bonchev–Trinajstić information content (AvgIpc) is 2.72. The van der Waals surface area contributed by atoms with Crippen molar-refractivity contribution in [3.8, 4) is 5.75 Å². The number of carbonyl (C=O) groups is 2. The number of carbonyl (C=O) groups excluding carboxylic acids is 2. The van der Waals surface area contributed by atoms with Crippen molar-refractivity contribution in [1.82, 2.24) is 10.2 Å². The first-order valence-electron chi connectivity index (χ1n) is 9.09. The van der Waals surface area contributed by atoms with Crippen LogP contribution in [0.5, 0.6) is 5.75 Å². The number of hydrogen-bond donors (Lipinski definition) is 1. The van der Waals surface area contributed by atoms with E-state index in [4.69, 9.17) is 4.74 Å². The number of ether oxygens (including phenoxy) is 1. The van der Waals surface area contributed by atoms with Gasteiger partial charge in [-0.2, -0.15) is 0 Å². The Morgan fingerprint density at radius 2 is 1.81 bits per heavy atom. The van der Waals surface area contributed by atoms with Crippen molar-refractivity contribution in [2.45, 2.75) is 19.5 Å². The predicted octanol–water partition coefficient (Wildman–Crippen LogP) is 2.05. The number of hydrogen-bond acceptors (Lipinski definition) is 4. The van der Waals surface area contributed by atoms with Crippen LogP contribution in [0, 0.1) is 0 Å². The van der Waals surface area contributed by atoms with Gasteiger partial charge in [0.25, 0.3) is 0 Å². The highest BCUT2D eigenvalue weighted by Crippen LogP contribution is 2.29. The van der Waals surface area contributed by atoms with E-state index in [1.807, 2.05) is 66.4 Å². The first kappa shape index (κ1) is 18.9. The van der Waals surface area contributed by atoms with Crippen molar-refractivity contribution in [3.05, 3.63) is 60.2 Å². The SMILES string of the molecule is COc1ccccc1N1CCN(C(C)C(=O)NCc2ccccc2)CC1=O. The molecular formula is C21H25N3O3. The summed E-state index contributed by atoms with van der Waals surface area (Å²) >= 11 is 0. The van der Waals surface area contributed by atoms with Gasteiger partial charge in [-0.25, -0.2) is 0 Å². The third kappa shape index (κ3) is 4.46. The third-order valence-electron chi connectivity index (χ3n) is 4.86. The molecule has 1 aliphatic heterocycles. The van der Waals surface area contributed by atoms with Crippen LogP contribution in [-0.4, -0.2) is 49.5 Å². The summed E-state index contributed by atoms with van der Waals surface area (Å²) in [6.45, 7) is 3.68. The first-order valence-corrected chi connectivity index (χ1v) is 9.09. The number of methoxy groups -OCH3 is 1. The Hall–Kier alpha value is -2.86. The van der Waals surface area contributed by atoms with Gasteiger partial charge >= 0.3 is 0 Å². The fourth-order valence-corrected chi connectivity index (χ4v) is 3.23. The van der Waals surface area contributed by atoms with Gasteiger partial charge < -0.3 is 15.0 Å². The molecule has 2 amide bonds. The van der Waals surface area contributed by atoms with E-state index in [1.165, 1.54) is 0 Å². The van der Waals surface area contributed by atoms with Crippen LogP contribution in [-0.2, 0) is 16.1 Å². The van der Waals surface area contributed by atoms with E-state index in [0.29, 0.717) is 25.4 Å². The number of nitrogens with one attached hydrogen (secondary N) is 1. The lowest BCUT2D eigenvalue weighted by atomic mass is 10.1. The van der Waals surface area contributed by atoms with E-state index in [1.54, 1.807) is 12.0 Å². The molecule has 142 valence electrons. The largest absolute Gasteiger partial charge is 0.495 e. The van der Waals surface area contributed by atoms with Crippen LogP contribution in [0.4, 0.5) is 5.69 Å². The lowest BCUT2D eigenvalue weighted by Gasteiger charge is -2.37. The highest BCUT2D eigenvalue weighted by atomic mass is 16.5. The zero-order chi connectivity index (χ0) is 19.2. The van der Waals surface area contributed by atoms with Gasteiger partial charge in [-0.15, -0.1) is 0 Å². The number of anilines is 1. The molecule has 0 aromatic heterocycles. The van der Waals surface area contributed by atoms with Crippen LogP contribution in [0.2, 0.25) is 0 Å². The molecule has 1 saturated heterocycles. The van der Waals surface area contributed by atoms with Crippen molar-refractivity contribution in [2.24, 2.45) is 0 Å². The lowest BCUT2D eigenvalue weighted by molar-refractivity contribution is -0.129. The summed E-state index contributed by atoms with van der Waals surface area (Å²) in [7, 11) is 1.60. The number of amides is 2. The first-order chi connectivity index (χ1) is 13.1. The van der Waals surface area contributed by atoms with Gasteiger partial charge in [0, 0.05) is 19.6 Å². The molecule has 0 saturated carbocycles. The molecule has 1 atom stereocenters. The van der Waals surface area contributed by atoms with Gasteiger partial charge in [-0.1, -0.05) is 42.5 Å². The van der Waals surface area contributed by atoms with Crippen LogP contribution in [0.3, 0.4) is 0 Å².